The Bertz CT molecular complexity index is 438. The third kappa shape index (κ3) is 1.83. The van der Waals surface area contributed by atoms with E-state index in [-0.39, 0.29) is 0 Å². The van der Waals surface area contributed by atoms with Gasteiger partial charge in [0.05, 0.1) is 11.9 Å². The fourth-order valence-electron chi connectivity index (χ4n) is 2.29. The summed E-state index contributed by atoms with van der Waals surface area (Å²) in [6.45, 7) is 0. The predicted molar refractivity (Wildman–Crippen MR) is 64.4 cm³/mol. The van der Waals surface area contributed by atoms with Crippen LogP contribution in [0.5, 0.6) is 0 Å². The summed E-state index contributed by atoms with van der Waals surface area (Å²) in [6.07, 6.45) is 8.78. The minimum absolute atomic E-state index is 0.673. The Morgan fingerprint density at radius 3 is 2.87 bits per heavy atom. The summed E-state index contributed by atoms with van der Waals surface area (Å²) in [5.41, 5.74) is 1.24. The van der Waals surface area contributed by atoms with E-state index in [1.54, 1.807) is 11.3 Å². The van der Waals surface area contributed by atoms with E-state index in [9.17, 15) is 0 Å². The quantitative estimate of drug-likeness (QED) is 0.801. The summed E-state index contributed by atoms with van der Waals surface area (Å²) < 4.78 is 2.79. The van der Waals surface area contributed by atoms with Crippen molar-refractivity contribution in [1.29, 1.82) is 0 Å². The van der Waals surface area contributed by atoms with Gasteiger partial charge in [-0.2, -0.15) is 0 Å². The molecule has 1 saturated carbocycles. The van der Waals surface area contributed by atoms with Crippen molar-refractivity contribution >= 4 is 32.2 Å². The number of hydrogen-bond acceptors (Lipinski definition) is 3. The second-order valence-electron chi connectivity index (χ2n) is 4.08. The van der Waals surface area contributed by atoms with E-state index in [4.69, 9.17) is 0 Å². The Kier molecular flexibility index (Phi) is 2.52. The van der Waals surface area contributed by atoms with Crippen LogP contribution in [0.4, 0.5) is 0 Å². The van der Waals surface area contributed by atoms with Gasteiger partial charge in [-0.3, -0.25) is 0 Å². The molecule has 2 aromatic heterocycles. The maximum Gasteiger partial charge on any atom is 0.213 e. The molecule has 2 heterocycles. The predicted octanol–water partition coefficient (Wildman–Crippen LogP) is 3.60. The van der Waals surface area contributed by atoms with Gasteiger partial charge in [0.1, 0.15) is 0 Å². The third-order valence-electron chi connectivity index (χ3n) is 3.06. The van der Waals surface area contributed by atoms with Crippen LogP contribution in [0.3, 0.4) is 0 Å². The summed E-state index contributed by atoms with van der Waals surface area (Å²) in [4.78, 5) is 5.65. The first kappa shape index (κ1) is 9.78. The van der Waals surface area contributed by atoms with Crippen molar-refractivity contribution in [1.82, 2.24) is 14.6 Å². The van der Waals surface area contributed by atoms with Crippen LogP contribution >= 0.6 is 27.3 Å². The number of aromatic nitrogens is 3. The highest BCUT2D eigenvalue weighted by Gasteiger charge is 2.19. The lowest BCUT2D eigenvalue weighted by atomic mass is 9.87. The van der Waals surface area contributed by atoms with Crippen LogP contribution in [0.1, 0.15) is 43.7 Å². The maximum atomic E-state index is 4.65. The SMILES string of the molecule is Brc1nn2cc(C3CCCCC3)nc2s1. The molecule has 0 atom stereocenters. The van der Waals surface area contributed by atoms with Crippen LogP contribution in [0.2, 0.25) is 0 Å². The molecule has 1 aliphatic carbocycles. The molecule has 15 heavy (non-hydrogen) atoms. The van der Waals surface area contributed by atoms with Crippen LogP contribution in [0.15, 0.2) is 10.1 Å². The molecule has 0 spiro atoms. The van der Waals surface area contributed by atoms with Crippen molar-refractivity contribution < 1.29 is 0 Å². The number of hydrogen-bond donors (Lipinski definition) is 0. The largest absolute Gasteiger partial charge is 0.222 e. The van der Waals surface area contributed by atoms with Crippen LogP contribution in [0, 0.1) is 0 Å². The molecule has 3 rings (SSSR count). The monoisotopic (exact) mass is 285 g/mol. The first-order valence-corrected chi connectivity index (χ1v) is 6.95. The molecular weight excluding hydrogens is 274 g/mol. The van der Waals surface area contributed by atoms with Gasteiger partial charge in [0.15, 0.2) is 3.92 Å². The molecule has 1 aliphatic rings. The van der Waals surface area contributed by atoms with Crippen LogP contribution in [0.25, 0.3) is 4.96 Å². The molecule has 0 saturated heterocycles. The molecule has 0 unspecified atom stereocenters. The molecular formula is C10H12BrN3S. The van der Waals surface area contributed by atoms with Crippen molar-refractivity contribution in [3.63, 3.8) is 0 Å². The summed E-state index contributed by atoms with van der Waals surface area (Å²) in [5.74, 6) is 0.673. The van der Waals surface area contributed by atoms with E-state index in [1.807, 2.05) is 4.52 Å². The van der Waals surface area contributed by atoms with Crippen LogP contribution in [-0.4, -0.2) is 14.6 Å². The van der Waals surface area contributed by atoms with Gasteiger partial charge in [-0.15, -0.1) is 5.10 Å². The van der Waals surface area contributed by atoms with Gasteiger partial charge in [0.2, 0.25) is 4.96 Å². The molecule has 3 nitrogen and oxygen atoms in total. The molecule has 0 N–H and O–H groups in total. The Hall–Kier alpha value is -0.420. The molecule has 0 radical (unpaired) electrons. The zero-order valence-electron chi connectivity index (χ0n) is 8.32. The smallest absolute Gasteiger partial charge is 0.213 e. The number of rotatable bonds is 1. The van der Waals surface area contributed by atoms with Crippen molar-refractivity contribution in [2.24, 2.45) is 0 Å². The molecule has 0 bridgehead atoms. The van der Waals surface area contributed by atoms with Crippen molar-refractivity contribution in [3.8, 4) is 0 Å². The van der Waals surface area contributed by atoms with E-state index in [0.717, 1.165) is 8.88 Å². The first-order valence-electron chi connectivity index (χ1n) is 5.34. The highest BCUT2D eigenvalue weighted by atomic mass is 79.9. The van der Waals surface area contributed by atoms with Gasteiger partial charge in [-0.1, -0.05) is 30.6 Å². The van der Waals surface area contributed by atoms with E-state index >= 15 is 0 Å². The van der Waals surface area contributed by atoms with E-state index < -0.39 is 0 Å². The lowest BCUT2D eigenvalue weighted by molar-refractivity contribution is 0.438. The molecule has 80 valence electrons. The van der Waals surface area contributed by atoms with Gasteiger partial charge >= 0.3 is 0 Å². The summed E-state index contributed by atoms with van der Waals surface area (Å²) in [5, 5.41) is 4.32. The minimum Gasteiger partial charge on any atom is -0.222 e. The Morgan fingerprint density at radius 1 is 1.33 bits per heavy atom. The van der Waals surface area contributed by atoms with Gasteiger partial charge < -0.3 is 0 Å². The second-order valence-corrected chi connectivity index (χ2v) is 6.31. The lowest BCUT2D eigenvalue weighted by Crippen LogP contribution is -2.04. The Morgan fingerprint density at radius 2 is 2.13 bits per heavy atom. The van der Waals surface area contributed by atoms with Gasteiger partial charge in [0, 0.05) is 5.92 Å². The molecule has 0 aliphatic heterocycles. The Balaban J connectivity index is 1.93. The third-order valence-corrected chi connectivity index (χ3v) is 4.42. The zero-order valence-corrected chi connectivity index (χ0v) is 10.7. The molecule has 2 aromatic rings. The zero-order chi connectivity index (χ0) is 10.3. The number of nitrogens with zero attached hydrogens (tertiary/aromatic N) is 3. The topological polar surface area (TPSA) is 30.2 Å². The number of halogens is 1. The van der Waals surface area contributed by atoms with E-state index in [2.05, 4.69) is 32.2 Å². The minimum atomic E-state index is 0.673. The van der Waals surface area contributed by atoms with Gasteiger partial charge in [-0.05, 0) is 28.8 Å². The normalized spacial score (nSPS) is 18.7. The molecule has 5 heteroatoms. The van der Waals surface area contributed by atoms with Crippen molar-refractivity contribution in [3.05, 3.63) is 15.8 Å². The summed E-state index contributed by atoms with van der Waals surface area (Å²) >= 11 is 4.97. The van der Waals surface area contributed by atoms with Gasteiger partial charge in [-0.25, -0.2) is 9.50 Å². The van der Waals surface area contributed by atoms with E-state index in [0.29, 0.717) is 5.92 Å². The van der Waals surface area contributed by atoms with Crippen LogP contribution in [-0.2, 0) is 0 Å². The molecule has 0 amide bonds. The highest BCUT2D eigenvalue weighted by Crippen LogP contribution is 2.32. The van der Waals surface area contributed by atoms with Gasteiger partial charge in [0.25, 0.3) is 0 Å². The summed E-state index contributed by atoms with van der Waals surface area (Å²) in [7, 11) is 0. The van der Waals surface area contributed by atoms with Crippen molar-refractivity contribution in [2.75, 3.05) is 0 Å². The lowest BCUT2D eigenvalue weighted by Gasteiger charge is -2.19. The summed E-state index contributed by atoms with van der Waals surface area (Å²) in [6, 6.07) is 0. The average Bonchev–Trinajstić information content (AvgIpc) is 2.76. The molecule has 0 aromatic carbocycles. The van der Waals surface area contributed by atoms with E-state index in [1.165, 1.54) is 37.8 Å². The fourth-order valence-corrected chi connectivity index (χ4v) is 3.51. The fraction of sp³-hybridized carbons (Fsp3) is 0.600. The first-order chi connectivity index (χ1) is 7.33. The van der Waals surface area contributed by atoms with Crippen molar-refractivity contribution in [2.45, 2.75) is 38.0 Å². The standard InChI is InChI=1S/C10H12BrN3S/c11-9-13-14-6-8(12-10(14)15-9)7-4-2-1-3-5-7/h6-7H,1-5H2. The Labute approximate surface area is 101 Å². The van der Waals surface area contributed by atoms with Crippen LogP contribution < -0.4 is 0 Å². The average molecular weight is 286 g/mol. The second kappa shape index (κ2) is 3.87. The maximum absolute atomic E-state index is 4.65. The molecule has 1 fully saturated rings. The number of fused-ring (bicyclic) bond motifs is 1. The number of imidazole rings is 1. The highest BCUT2D eigenvalue weighted by molar-refractivity contribution is 9.11.